The first-order valence-corrected chi connectivity index (χ1v) is 14.3. The SMILES string of the molecule is CCC12CCC(OCC(=O)O)(C(F)(F)F)CC1CCCc1c2cc2cnn(-c3ccc(F)cc3)c2c1C1CCC1. The Balaban J connectivity index is 1.51. The van der Waals surface area contributed by atoms with Gasteiger partial charge in [-0.25, -0.2) is 13.9 Å². The summed E-state index contributed by atoms with van der Waals surface area (Å²) in [6, 6.07) is 8.44. The topological polar surface area (TPSA) is 64.3 Å². The number of carbonyl (C=O) groups is 1. The second kappa shape index (κ2) is 9.86. The Hall–Kier alpha value is -2.94. The maximum Gasteiger partial charge on any atom is 0.417 e. The Morgan fingerprint density at radius 2 is 1.90 bits per heavy atom. The minimum atomic E-state index is -4.66. The summed E-state index contributed by atoms with van der Waals surface area (Å²) < 4.78 is 64.3. The molecule has 3 atom stereocenters. The van der Waals surface area contributed by atoms with Crippen LogP contribution in [0, 0.1) is 11.7 Å². The highest BCUT2D eigenvalue weighted by Crippen LogP contribution is 2.59. The van der Waals surface area contributed by atoms with Gasteiger partial charge in [0.15, 0.2) is 5.60 Å². The standard InChI is InChI=1S/C31H34F4N2O3/c1-2-29-13-14-30(31(33,34)35,40-18-26(38)39)16-21(29)7-4-8-24-25(29)15-20-17-36-37(23-11-9-22(32)10-12-23)28(20)27(24)19-5-3-6-19/h9-12,15,17,19,21H,2-8,13-14,16,18H2,1H3,(H,38,39). The van der Waals surface area contributed by atoms with Crippen LogP contribution in [-0.2, 0) is 21.4 Å². The Morgan fingerprint density at radius 1 is 1.15 bits per heavy atom. The van der Waals surface area contributed by atoms with Crippen LogP contribution in [0.3, 0.4) is 0 Å². The average molecular weight is 559 g/mol. The minimum Gasteiger partial charge on any atom is -0.480 e. The fraction of sp³-hybridized carbons (Fsp3) is 0.548. The summed E-state index contributed by atoms with van der Waals surface area (Å²) in [5.74, 6) is -1.64. The Labute approximate surface area is 230 Å². The van der Waals surface area contributed by atoms with Crippen molar-refractivity contribution in [3.05, 3.63) is 59.0 Å². The van der Waals surface area contributed by atoms with Gasteiger partial charge < -0.3 is 9.84 Å². The third-order valence-electron chi connectivity index (χ3n) is 10.1. The highest BCUT2D eigenvalue weighted by Gasteiger charge is 2.62. The predicted octanol–water partition coefficient (Wildman–Crippen LogP) is 7.62. The fourth-order valence-electron chi connectivity index (χ4n) is 7.80. The van der Waals surface area contributed by atoms with Crippen molar-refractivity contribution in [2.24, 2.45) is 5.92 Å². The van der Waals surface area contributed by atoms with E-state index >= 15 is 0 Å². The van der Waals surface area contributed by atoms with Gasteiger partial charge in [-0.3, -0.25) is 0 Å². The van der Waals surface area contributed by atoms with Crippen molar-refractivity contribution < 1.29 is 32.2 Å². The van der Waals surface area contributed by atoms with Crippen molar-refractivity contribution in [3.63, 3.8) is 0 Å². The number of halogens is 4. The number of ether oxygens (including phenoxy) is 1. The van der Waals surface area contributed by atoms with E-state index in [1.165, 1.54) is 23.3 Å². The van der Waals surface area contributed by atoms with Gasteiger partial charge in [0.05, 0.1) is 17.4 Å². The van der Waals surface area contributed by atoms with Gasteiger partial charge in [0.1, 0.15) is 12.4 Å². The van der Waals surface area contributed by atoms with Crippen molar-refractivity contribution in [1.29, 1.82) is 0 Å². The van der Waals surface area contributed by atoms with Gasteiger partial charge in [0.25, 0.3) is 0 Å². The third kappa shape index (κ3) is 4.23. The third-order valence-corrected chi connectivity index (χ3v) is 10.1. The van der Waals surface area contributed by atoms with Crippen molar-refractivity contribution in [3.8, 4) is 5.69 Å². The number of carboxylic acid groups (broad SMARTS) is 1. The van der Waals surface area contributed by atoms with E-state index in [2.05, 4.69) is 13.0 Å². The maximum atomic E-state index is 14.5. The highest BCUT2D eigenvalue weighted by atomic mass is 19.4. The summed E-state index contributed by atoms with van der Waals surface area (Å²) >= 11 is 0. The number of nitrogens with zero attached hydrogens (tertiary/aromatic N) is 2. The fourth-order valence-corrected chi connectivity index (χ4v) is 7.80. The quantitative estimate of drug-likeness (QED) is 0.316. The number of rotatable bonds is 6. The number of alkyl halides is 3. The van der Waals surface area contributed by atoms with Gasteiger partial charge in [-0.05, 0) is 122 Å². The lowest BCUT2D eigenvalue weighted by Crippen LogP contribution is -2.56. The van der Waals surface area contributed by atoms with Crippen LogP contribution in [0.4, 0.5) is 17.6 Å². The predicted molar refractivity (Wildman–Crippen MR) is 142 cm³/mol. The molecule has 5 nitrogen and oxygen atoms in total. The Morgan fingerprint density at radius 3 is 2.52 bits per heavy atom. The number of aromatic nitrogens is 2. The molecule has 9 heteroatoms. The monoisotopic (exact) mass is 558 g/mol. The molecule has 0 saturated heterocycles. The molecule has 1 heterocycles. The molecule has 6 rings (SSSR count). The molecule has 3 unspecified atom stereocenters. The molecule has 1 aromatic heterocycles. The average Bonchev–Trinajstić information content (AvgIpc) is 3.23. The number of benzene rings is 2. The van der Waals surface area contributed by atoms with Crippen LogP contribution in [-0.4, -0.2) is 39.2 Å². The van der Waals surface area contributed by atoms with Gasteiger partial charge in [-0.1, -0.05) is 13.3 Å². The molecular formula is C31H34F4N2O3. The molecule has 3 aromatic rings. The second-order valence-corrected chi connectivity index (χ2v) is 11.9. The molecule has 3 aliphatic rings. The molecule has 1 N–H and O–H groups in total. The number of hydrogen-bond donors (Lipinski definition) is 1. The summed E-state index contributed by atoms with van der Waals surface area (Å²) in [7, 11) is 0. The molecule has 0 bridgehead atoms. The van der Waals surface area contributed by atoms with Crippen molar-refractivity contribution in [2.45, 2.75) is 94.2 Å². The maximum absolute atomic E-state index is 14.5. The van der Waals surface area contributed by atoms with E-state index in [0.717, 1.165) is 54.3 Å². The minimum absolute atomic E-state index is 0.233. The summed E-state index contributed by atoms with van der Waals surface area (Å²) in [4.78, 5) is 11.2. The van der Waals surface area contributed by atoms with Crippen LogP contribution in [0.5, 0.6) is 0 Å². The van der Waals surface area contributed by atoms with E-state index in [1.807, 2.05) is 10.9 Å². The van der Waals surface area contributed by atoms with Gasteiger partial charge in [-0.15, -0.1) is 0 Å². The molecule has 2 aromatic carbocycles. The normalized spacial score (nSPS) is 27.1. The largest absolute Gasteiger partial charge is 0.480 e. The Kier molecular flexibility index (Phi) is 6.71. The summed E-state index contributed by atoms with van der Waals surface area (Å²) in [6.45, 7) is 1.10. The molecule has 40 heavy (non-hydrogen) atoms. The van der Waals surface area contributed by atoms with Crippen LogP contribution in [0.15, 0.2) is 36.5 Å². The van der Waals surface area contributed by atoms with Gasteiger partial charge in [0, 0.05) is 5.39 Å². The lowest BCUT2D eigenvalue weighted by molar-refractivity contribution is -0.296. The number of hydrogen-bond acceptors (Lipinski definition) is 3. The zero-order chi connectivity index (χ0) is 28.3. The number of aliphatic carboxylic acids is 1. The van der Waals surface area contributed by atoms with E-state index in [-0.39, 0.29) is 31.0 Å². The summed E-state index contributed by atoms with van der Waals surface area (Å²) in [5, 5.41) is 14.8. The zero-order valence-corrected chi connectivity index (χ0v) is 22.6. The van der Waals surface area contributed by atoms with Crippen LogP contribution >= 0.6 is 0 Å². The van der Waals surface area contributed by atoms with Crippen LogP contribution < -0.4 is 0 Å². The van der Waals surface area contributed by atoms with Crippen molar-refractivity contribution in [1.82, 2.24) is 9.78 Å². The smallest absolute Gasteiger partial charge is 0.417 e. The molecular weight excluding hydrogens is 524 g/mol. The van der Waals surface area contributed by atoms with Crippen molar-refractivity contribution >= 4 is 16.9 Å². The molecule has 214 valence electrons. The first kappa shape index (κ1) is 27.2. The molecule has 2 saturated carbocycles. The first-order valence-electron chi connectivity index (χ1n) is 14.3. The van der Waals surface area contributed by atoms with E-state index in [9.17, 15) is 22.4 Å². The second-order valence-electron chi connectivity index (χ2n) is 11.9. The van der Waals surface area contributed by atoms with E-state index in [4.69, 9.17) is 14.9 Å². The highest BCUT2D eigenvalue weighted by molar-refractivity contribution is 5.87. The van der Waals surface area contributed by atoms with Crippen LogP contribution in [0.1, 0.15) is 87.3 Å². The first-order chi connectivity index (χ1) is 19.1. The van der Waals surface area contributed by atoms with E-state index in [1.54, 1.807) is 12.1 Å². The van der Waals surface area contributed by atoms with Gasteiger partial charge in [-0.2, -0.15) is 18.3 Å². The molecule has 0 aliphatic heterocycles. The van der Waals surface area contributed by atoms with Gasteiger partial charge in [0.2, 0.25) is 0 Å². The lowest BCUT2D eigenvalue weighted by Gasteiger charge is -2.52. The van der Waals surface area contributed by atoms with Crippen LogP contribution in [0.2, 0.25) is 0 Å². The molecule has 3 aliphatic carbocycles. The summed E-state index contributed by atoms with van der Waals surface area (Å²) in [5.41, 5.74) is 2.52. The van der Waals surface area contributed by atoms with Gasteiger partial charge >= 0.3 is 12.1 Å². The Bertz CT molecular complexity index is 1430. The van der Waals surface area contributed by atoms with E-state index < -0.39 is 29.8 Å². The zero-order valence-electron chi connectivity index (χ0n) is 22.6. The summed E-state index contributed by atoms with van der Waals surface area (Å²) in [6.07, 6.45) is 3.05. The van der Waals surface area contributed by atoms with E-state index in [0.29, 0.717) is 18.8 Å². The number of carboxylic acids is 1. The lowest BCUT2D eigenvalue weighted by atomic mass is 9.56. The molecule has 0 amide bonds. The molecule has 2 fully saturated rings. The molecule has 0 spiro atoms. The number of fused-ring (bicyclic) bond motifs is 4. The molecule has 0 radical (unpaired) electrons. The van der Waals surface area contributed by atoms with Crippen LogP contribution in [0.25, 0.3) is 16.6 Å². The van der Waals surface area contributed by atoms with Crippen molar-refractivity contribution in [2.75, 3.05) is 6.61 Å².